The normalized spacial score (nSPS) is 17.3. The van der Waals surface area contributed by atoms with Crippen LogP contribution in [0.3, 0.4) is 0 Å². The van der Waals surface area contributed by atoms with Crippen LogP contribution in [-0.4, -0.2) is 16.5 Å². The number of imidazole rings is 1. The molecule has 2 heterocycles. The highest BCUT2D eigenvalue weighted by molar-refractivity contribution is 5.13. The van der Waals surface area contributed by atoms with E-state index in [4.69, 9.17) is 0 Å². The summed E-state index contributed by atoms with van der Waals surface area (Å²) >= 11 is 0. The first-order valence-corrected chi connectivity index (χ1v) is 3.11. The van der Waals surface area contributed by atoms with Crippen molar-refractivity contribution < 1.29 is 0 Å². The molecule has 0 atom stereocenters. The molecule has 1 aliphatic rings. The van der Waals surface area contributed by atoms with Crippen LogP contribution in [0.2, 0.25) is 0 Å². The second-order valence-corrected chi connectivity index (χ2v) is 2.18. The molecule has 2 rings (SSSR count). The van der Waals surface area contributed by atoms with Crippen LogP contribution in [0.4, 0.5) is 0 Å². The van der Waals surface area contributed by atoms with Crippen LogP contribution in [0.25, 0.3) is 0 Å². The molecular weight excluding hydrogens is 114 g/mol. The maximum absolute atomic E-state index is 4.22. The van der Waals surface area contributed by atoms with Crippen molar-refractivity contribution in [3.05, 3.63) is 17.7 Å². The molecule has 0 fully saturated rings. The second-order valence-electron chi connectivity index (χ2n) is 2.18. The minimum Gasteiger partial charge on any atom is -0.347 e. The van der Waals surface area contributed by atoms with Crippen LogP contribution in [-0.2, 0) is 13.0 Å². The lowest BCUT2D eigenvalue weighted by Gasteiger charge is -2.07. The van der Waals surface area contributed by atoms with Gasteiger partial charge in [-0.3, -0.25) is 0 Å². The predicted molar refractivity (Wildman–Crippen MR) is 33.0 cm³/mol. The van der Waals surface area contributed by atoms with E-state index < -0.39 is 0 Å². The Morgan fingerprint density at radius 1 is 1.56 bits per heavy atom. The fraction of sp³-hybridized carbons (Fsp3) is 0.500. The number of nitrogens with zero attached hydrogens (tertiary/aromatic N) is 2. The van der Waals surface area contributed by atoms with Gasteiger partial charge in [0.1, 0.15) is 0 Å². The Bertz CT molecular complexity index is 183. The third-order valence-electron chi connectivity index (χ3n) is 1.58. The zero-order valence-electron chi connectivity index (χ0n) is 5.09. The molecule has 0 aliphatic carbocycles. The summed E-state index contributed by atoms with van der Waals surface area (Å²) in [6.07, 6.45) is 2.75. The molecule has 1 aliphatic heterocycles. The Balaban J connectivity index is 2.39. The molecule has 1 aromatic rings. The second kappa shape index (κ2) is 1.84. The molecule has 0 unspecified atom stereocenters. The SMILES string of the molecule is c1nc2c([nH]1)C[N]CC2. The molecule has 0 aromatic carbocycles. The van der Waals surface area contributed by atoms with Crippen LogP contribution < -0.4 is 5.32 Å². The zero-order chi connectivity index (χ0) is 6.10. The average molecular weight is 122 g/mol. The van der Waals surface area contributed by atoms with E-state index in [1.807, 2.05) is 0 Å². The predicted octanol–water partition coefficient (Wildman–Crippen LogP) is 0.0702. The van der Waals surface area contributed by atoms with Gasteiger partial charge in [0.15, 0.2) is 0 Å². The molecule has 0 amide bonds. The smallest absolute Gasteiger partial charge is 0.0925 e. The van der Waals surface area contributed by atoms with Crippen molar-refractivity contribution >= 4 is 0 Å². The molecule has 3 nitrogen and oxygen atoms in total. The first kappa shape index (κ1) is 4.99. The highest BCUT2D eigenvalue weighted by atomic mass is 15.0. The Hall–Kier alpha value is -0.830. The maximum atomic E-state index is 4.22. The average Bonchev–Trinajstić information content (AvgIpc) is 2.33. The van der Waals surface area contributed by atoms with E-state index in [2.05, 4.69) is 15.3 Å². The highest BCUT2D eigenvalue weighted by Gasteiger charge is 2.09. The number of hydrogen-bond acceptors (Lipinski definition) is 1. The van der Waals surface area contributed by atoms with Crippen molar-refractivity contribution in [1.29, 1.82) is 0 Å². The Kier molecular flexibility index (Phi) is 1.02. The van der Waals surface area contributed by atoms with Gasteiger partial charge >= 0.3 is 0 Å². The summed E-state index contributed by atoms with van der Waals surface area (Å²) in [5.74, 6) is 0. The summed E-state index contributed by atoms with van der Waals surface area (Å²) < 4.78 is 0. The Morgan fingerprint density at radius 3 is 3.44 bits per heavy atom. The standard InChI is InChI=1S/C6H8N3/c1-2-7-3-6-5(1)8-4-9-6/h4H,1-3H2,(H,8,9). The molecule has 1 aromatic heterocycles. The van der Waals surface area contributed by atoms with E-state index in [1.54, 1.807) is 6.33 Å². The number of aromatic nitrogens is 2. The fourth-order valence-electron chi connectivity index (χ4n) is 1.08. The molecule has 0 bridgehead atoms. The largest absolute Gasteiger partial charge is 0.347 e. The van der Waals surface area contributed by atoms with Gasteiger partial charge in [0, 0.05) is 13.0 Å². The Morgan fingerprint density at radius 2 is 2.56 bits per heavy atom. The first-order valence-electron chi connectivity index (χ1n) is 3.11. The van der Waals surface area contributed by atoms with Crippen molar-refractivity contribution in [2.45, 2.75) is 13.0 Å². The van der Waals surface area contributed by atoms with Gasteiger partial charge in [0.25, 0.3) is 0 Å². The summed E-state index contributed by atoms with van der Waals surface area (Å²) in [5.41, 5.74) is 2.39. The van der Waals surface area contributed by atoms with Crippen LogP contribution in [0.1, 0.15) is 11.4 Å². The molecule has 3 heteroatoms. The van der Waals surface area contributed by atoms with Gasteiger partial charge in [-0.15, -0.1) is 0 Å². The first-order chi connectivity index (χ1) is 4.47. The van der Waals surface area contributed by atoms with Gasteiger partial charge in [-0.05, 0) is 0 Å². The number of rotatable bonds is 0. The van der Waals surface area contributed by atoms with Gasteiger partial charge in [0.2, 0.25) is 0 Å². The van der Waals surface area contributed by atoms with E-state index in [1.165, 1.54) is 11.4 Å². The van der Waals surface area contributed by atoms with Crippen molar-refractivity contribution in [1.82, 2.24) is 15.3 Å². The van der Waals surface area contributed by atoms with Crippen LogP contribution in [0.15, 0.2) is 6.33 Å². The van der Waals surface area contributed by atoms with Gasteiger partial charge in [-0.2, -0.15) is 0 Å². The van der Waals surface area contributed by atoms with E-state index >= 15 is 0 Å². The molecule has 0 spiro atoms. The minimum absolute atomic E-state index is 0.829. The fourth-order valence-corrected chi connectivity index (χ4v) is 1.08. The number of H-pyrrole nitrogens is 1. The molecule has 0 saturated carbocycles. The van der Waals surface area contributed by atoms with Crippen LogP contribution >= 0.6 is 0 Å². The molecule has 9 heavy (non-hydrogen) atoms. The van der Waals surface area contributed by atoms with Gasteiger partial charge in [-0.1, -0.05) is 0 Å². The molecular formula is C6H8N3. The molecule has 0 saturated heterocycles. The lowest BCUT2D eigenvalue weighted by molar-refractivity contribution is 0.614. The summed E-state index contributed by atoms with van der Waals surface area (Å²) in [7, 11) is 0. The van der Waals surface area contributed by atoms with Gasteiger partial charge in [0.05, 0.1) is 24.3 Å². The Labute approximate surface area is 53.5 Å². The van der Waals surface area contributed by atoms with Crippen LogP contribution in [0.5, 0.6) is 0 Å². The summed E-state index contributed by atoms with van der Waals surface area (Å²) in [4.78, 5) is 7.19. The third kappa shape index (κ3) is 0.733. The lowest BCUT2D eigenvalue weighted by Crippen LogP contribution is -2.17. The topological polar surface area (TPSA) is 42.8 Å². The maximum Gasteiger partial charge on any atom is 0.0925 e. The van der Waals surface area contributed by atoms with Gasteiger partial charge in [-0.25, -0.2) is 10.3 Å². The number of nitrogens with one attached hydrogen (secondary N) is 1. The number of fused-ring (bicyclic) bond motifs is 1. The van der Waals surface area contributed by atoms with Crippen molar-refractivity contribution in [2.24, 2.45) is 0 Å². The highest BCUT2D eigenvalue weighted by Crippen LogP contribution is 2.07. The van der Waals surface area contributed by atoms with Gasteiger partial charge < -0.3 is 4.98 Å². The van der Waals surface area contributed by atoms with Crippen molar-refractivity contribution in [3.63, 3.8) is 0 Å². The van der Waals surface area contributed by atoms with E-state index in [0.717, 1.165) is 19.5 Å². The minimum atomic E-state index is 0.829. The summed E-state index contributed by atoms with van der Waals surface area (Å²) in [6, 6.07) is 0. The number of hydrogen-bond donors (Lipinski definition) is 1. The molecule has 1 radical (unpaired) electrons. The lowest BCUT2D eigenvalue weighted by atomic mass is 10.2. The van der Waals surface area contributed by atoms with Crippen LogP contribution in [0, 0.1) is 0 Å². The zero-order valence-corrected chi connectivity index (χ0v) is 5.09. The van der Waals surface area contributed by atoms with Crippen molar-refractivity contribution in [3.8, 4) is 0 Å². The summed E-state index contributed by atoms with van der Waals surface area (Å²) in [5, 5.41) is 4.22. The summed E-state index contributed by atoms with van der Waals surface area (Å²) in [6.45, 7) is 1.77. The van der Waals surface area contributed by atoms with E-state index in [-0.39, 0.29) is 0 Å². The molecule has 47 valence electrons. The quantitative estimate of drug-likeness (QED) is 0.520. The van der Waals surface area contributed by atoms with E-state index in [0.29, 0.717) is 0 Å². The van der Waals surface area contributed by atoms with Crippen molar-refractivity contribution in [2.75, 3.05) is 6.54 Å². The monoisotopic (exact) mass is 122 g/mol. The third-order valence-corrected chi connectivity index (χ3v) is 1.58. The molecule has 1 N–H and O–H groups in total. The van der Waals surface area contributed by atoms with E-state index in [9.17, 15) is 0 Å². The number of aromatic amines is 1.